The molecule has 4 bridgehead atoms. The molecule has 174 valence electrons. The van der Waals surface area contributed by atoms with Crippen LogP contribution in [0.25, 0.3) is 0 Å². The Bertz CT molecular complexity index is 1200. The van der Waals surface area contributed by atoms with E-state index in [2.05, 4.69) is 59.1 Å². The van der Waals surface area contributed by atoms with Crippen LogP contribution in [0.2, 0.25) is 0 Å². The number of aryl methyl sites for hydroxylation is 3. The first-order valence-corrected chi connectivity index (χ1v) is 11.4. The van der Waals surface area contributed by atoms with Gasteiger partial charge in [0.1, 0.15) is 5.69 Å². The summed E-state index contributed by atoms with van der Waals surface area (Å²) in [6, 6.07) is 20.7. The van der Waals surface area contributed by atoms with E-state index in [4.69, 9.17) is 0 Å². The molecule has 3 aromatic carbocycles. The van der Waals surface area contributed by atoms with Gasteiger partial charge in [-0.05, 0) is 66.8 Å². The van der Waals surface area contributed by atoms with E-state index in [1.165, 1.54) is 35.2 Å². The maximum Gasteiger partial charge on any atom is 0.301 e. The van der Waals surface area contributed by atoms with E-state index in [9.17, 15) is 20.2 Å². The minimum absolute atomic E-state index is 0.120. The Hall–Kier alpha value is -4.07. The summed E-state index contributed by atoms with van der Waals surface area (Å²) < 4.78 is 0. The van der Waals surface area contributed by atoms with Crippen LogP contribution in [0.4, 0.5) is 17.1 Å². The van der Waals surface area contributed by atoms with Gasteiger partial charge in [0.2, 0.25) is 0 Å². The Morgan fingerprint density at radius 3 is 1.79 bits per heavy atom. The Labute approximate surface area is 197 Å². The van der Waals surface area contributed by atoms with E-state index in [1.807, 2.05) is 0 Å². The second-order valence-corrected chi connectivity index (χ2v) is 8.52. The Morgan fingerprint density at radius 1 is 0.676 bits per heavy atom. The Balaban J connectivity index is 1.61. The molecule has 0 aliphatic heterocycles. The van der Waals surface area contributed by atoms with Crippen molar-refractivity contribution in [3.05, 3.63) is 109 Å². The number of non-ortho nitro benzene ring substituents is 1. The molecule has 34 heavy (non-hydrogen) atoms. The molecule has 0 fully saturated rings. The highest BCUT2D eigenvalue weighted by Crippen LogP contribution is 2.29. The molecule has 0 aromatic heterocycles. The summed E-state index contributed by atoms with van der Waals surface area (Å²) in [7, 11) is 0. The molecule has 0 saturated carbocycles. The summed E-state index contributed by atoms with van der Waals surface area (Å²) in [4.78, 5) is 21.2. The Morgan fingerprint density at radius 2 is 1.24 bits per heavy atom. The fourth-order valence-electron chi connectivity index (χ4n) is 4.08. The molecule has 3 aromatic rings. The summed E-state index contributed by atoms with van der Waals surface area (Å²) in [5.74, 6) is 0. The van der Waals surface area contributed by atoms with Crippen molar-refractivity contribution in [2.75, 3.05) is 5.43 Å². The van der Waals surface area contributed by atoms with Crippen molar-refractivity contribution in [2.24, 2.45) is 5.10 Å². The van der Waals surface area contributed by atoms with E-state index in [-0.39, 0.29) is 17.1 Å². The Kier molecular flexibility index (Phi) is 7.27. The largest absolute Gasteiger partial charge is 0.301 e. The van der Waals surface area contributed by atoms with E-state index >= 15 is 0 Å². The van der Waals surface area contributed by atoms with Gasteiger partial charge in [0, 0.05) is 18.2 Å². The monoisotopic (exact) mass is 458 g/mol. The molecule has 0 heterocycles. The van der Waals surface area contributed by atoms with Crippen LogP contribution in [0.1, 0.15) is 41.5 Å². The lowest BCUT2D eigenvalue weighted by Gasteiger charge is -2.11. The van der Waals surface area contributed by atoms with Gasteiger partial charge in [-0.25, -0.2) is 0 Å². The number of nitrogens with one attached hydrogen (secondary N) is 1. The molecule has 0 saturated heterocycles. The van der Waals surface area contributed by atoms with Gasteiger partial charge in [0.15, 0.2) is 0 Å². The van der Waals surface area contributed by atoms with Gasteiger partial charge in [-0.3, -0.25) is 25.7 Å². The maximum atomic E-state index is 11.5. The normalized spacial score (nSPS) is 15.4. The summed E-state index contributed by atoms with van der Waals surface area (Å²) in [6.07, 6.45) is 6.50. The molecule has 0 spiro atoms. The summed E-state index contributed by atoms with van der Waals surface area (Å²) in [6.45, 7) is 0. The number of hydrogen-bond donors (Lipinski definition) is 1. The van der Waals surface area contributed by atoms with Crippen molar-refractivity contribution in [3.63, 3.8) is 0 Å². The SMILES string of the molecule is O=[N+]([O-])c1ccc(N/N=C2/CCc3ccc(cc3)CCCCc3ccc(cc3)C2)c([N+](=O)[O-])c1. The highest BCUT2D eigenvalue weighted by atomic mass is 16.6. The summed E-state index contributed by atoms with van der Waals surface area (Å²) >= 11 is 0. The number of rotatable bonds is 4. The standard InChI is InChI=1S/C26H26N4O4/c31-29(32)24-15-16-25(26(18-24)30(33)34)28-27-23-14-13-21-7-5-19(6-8-21)3-1-2-4-20-9-11-22(17-23)12-10-20/h5-12,15-16,18,28H,1-4,13-14,17H2/b27-23-. The highest BCUT2D eigenvalue weighted by Gasteiger charge is 2.19. The number of benzene rings is 3. The lowest BCUT2D eigenvalue weighted by atomic mass is 9.97. The molecule has 7 rings (SSSR count). The van der Waals surface area contributed by atoms with Crippen molar-refractivity contribution in [2.45, 2.75) is 44.9 Å². The molecule has 0 amide bonds. The third kappa shape index (κ3) is 6.04. The molecular formula is C26H26N4O4. The predicted molar refractivity (Wildman–Crippen MR) is 132 cm³/mol. The summed E-state index contributed by atoms with van der Waals surface area (Å²) in [5, 5.41) is 27.0. The number of nitrogens with zero attached hydrogens (tertiary/aromatic N) is 3. The minimum Gasteiger partial charge on any atom is -0.272 e. The van der Waals surface area contributed by atoms with Crippen molar-refractivity contribution in [3.8, 4) is 0 Å². The average Bonchev–Trinajstić information content (AvgIpc) is 2.84. The topological polar surface area (TPSA) is 111 Å². The van der Waals surface area contributed by atoms with Crippen LogP contribution in [-0.4, -0.2) is 15.6 Å². The molecule has 4 aliphatic rings. The van der Waals surface area contributed by atoms with Gasteiger partial charge in [0.05, 0.1) is 15.9 Å². The smallest absolute Gasteiger partial charge is 0.272 e. The highest BCUT2D eigenvalue weighted by molar-refractivity contribution is 5.87. The maximum absolute atomic E-state index is 11.5. The van der Waals surface area contributed by atoms with Crippen LogP contribution in [0.3, 0.4) is 0 Å². The first-order valence-electron chi connectivity index (χ1n) is 11.4. The molecule has 1 N–H and O–H groups in total. The van der Waals surface area contributed by atoms with E-state index in [1.54, 1.807) is 0 Å². The molecule has 0 unspecified atom stereocenters. The molecular weight excluding hydrogens is 432 g/mol. The van der Waals surface area contributed by atoms with Gasteiger partial charge >= 0.3 is 5.69 Å². The zero-order chi connectivity index (χ0) is 23.9. The second kappa shape index (κ2) is 10.7. The number of nitro benzene ring substituents is 2. The molecule has 0 radical (unpaired) electrons. The first-order chi connectivity index (χ1) is 16.5. The number of hydrazone groups is 1. The van der Waals surface area contributed by atoms with E-state index in [0.717, 1.165) is 43.0 Å². The van der Waals surface area contributed by atoms with Crippen LogP contribution in [-0.2, 0) is 25.7 Å². The second-order valence-electron chi connectivity index (χ2n) is 8.52. The number of nitro groups is 2. The van der Waals surface area contributed by atoms with Gasteiger partial charge in [-0.15, -0.1) is 0 Å². The van der Waals surface area contributed by atoms with Crippen molar-refractivity contribution >= 4 is 22.8 Å². The van der Waals surface area contributed by atoms with Gasteiger partial charge in [-0.2, -0.15) is 5.10 Å². The average molecular weight is 459 g/mol. The zero-order valence-corrected chi connectivity index (χ0v) is 18.8. The third-order valence-corrected chi connectivity index (χ3v) is 6.06. The third-order valence-electron chi connectivity index (χ3n) is 6.06. The van der Waals surface area contributed by atoms with Gasteiger partial charge in [0.25, 0.3) is 5.69 Å². The first kappa shape index (κ1) is 23.1. The number of hydrogen-bond acceptors (Lipinski definition) is 6. The van der Waals surface area contributed by atoms with E-state index in [0.29, 0.717) is 12.8 Å². The van der Waals surface area contributed by atoms with Gasteiger partial charge < -0.3 is 0 Å². The zero-order valence-electron chi connectivity index (χ0n) is 18.8. The lowest BCUT2D eigenvalue weighted by molar-refractivity contribution is -0.393. The van der Waals surface area contributed by atoms with Crippen LogP contribution >= 0.6 is 0 Å². The summed E-state index contributed by atoms with van der Waals surface area (Å²) in [5.41, 5.74) is 8.01. The van der Waals surface area contributed by atoms with Crippen LogP contribution < -0.4 is 5.43 Å². The fourth-order valence-corrected chi connectivity index (χ4v) is 4.08. The van der Waals surface area contributed by atoms with Crippen molar-refractivity contribution in [1.82, 2.24) is 0 Å². The quantitative estimate of drug-likeness (QED) is 0.379. The van der Waals surface area contributed by atoms with Crippen LogP contribution in [0.5, 0.6) is 0 Å². The van der Waals surface area contributed by atoms with E-state index < -0.39 is 9.85 Å². The molecule has 8 heteroatoms. The van der Waals surface area contributed by atoms with Crippen LogP contribution in [0.15, 0.2) is 71.8 Å². The lowest BCUT2D eigenvalue weighted by Crippen LogP contribution is -2.09. The molecule has 0 atom stereocenters. The molecule has 4 aliphatic carbocycles. The van der Waals surface area contributed by atoms with Gasteiger partial charge in [-0.1, -0.05) is 48.5 Å². The fraction of sp³-hybridized carbons (Fsp3) is 0.269. The van der Waals surface area contributed by atoms with Crippen molar-refractivity contribution < 1.29 is 9.85 Å². The van der Waals surface area contributed by atoms with Crippen molar-refractivity contribution in [1.29, 1.82) is 0 Å². The van der Waals surface area contributed by atoms with Crippen LogP contribution in [0, 0.1) is 20.2 Å². The predicted octanol–water partition coefficient (Wildman–Crippen LogP) is 6.03. The minimum atomic E-state index is -0.653. The molecule has 8 nitrogen and oxygen atoms in total. The number of anilines is 1.